The normalized spacial score (nSPS) is 13.1. The molecule has 0 bridgehead atoms. The van der Waals surface area contributed by atoms with E-state index in [9.17, 15) is 24.3 Å². The van der Waals surface area contributed by atoms with Crippen molar-refractivity contribution >= 4 is 23.9 Å². The molecule has 0 fully saturated rings. The zero-order valence-corrected chi connectivity index (χ0v) is 64.0. The highest BCUT2D eigenvalue weighted by Gasteiger charge is 2.23. The van der Waals surface area contributed by atoms with Gasteiger partial charge >= 0.3 is 23.9 Å². The molecule has 0 aromatic carbocycles. The molecule has 0 rings (SSSR count). The lowest BCUT2D eigenvalue weighted by atomic mass is 9.95. The maximum absolute atomic E-state index is 13.1. The summed E-state index contributed by atoms with van der Waals surface area (Å²) >= 11 is 0. The van der Waals surface area contributed by atoms with Crippen molar-refractivity contribution in [1.82, 2.24) is 14.7 Å². The molecule has 4 atom stereocenters. The quantitative estimate of drug-likeness (QED) is 0.0353. The number of carbonyl (C=O) groups is 4. The Kier molecular flexibility index (Phi) is 70.2. The second-order valence-electron chi connectivity index (χ2n) is 28.7. The molecule has 0 heterocycles. The Bertz CT molecular complexity index is 1410. The molecule has 4 unspecified atom stereocenters. The molecule has 0 spiro atoms. The summed E-state index contributed by atoms with van der Waals surface area (Å²) in [5.41, 5.74) is 0. The van der Waals surface area contributed by atoms with Crippen LogP contribution in [0, 0.1) is 23.7 Å². The van der Waals surface area contributed by atoms with Crippen molar-refractivity contribution in [3.05, 3.63) is 0 Å². The minimum atomic E-state index is 0.0297. The number of aliphatic hydroxyl groups excluding tert-OH is 1. The highest BCUT2D eigenvalue weighted by atomic mass is 16.5. The van der Waals surface area contributed by atoms with Crippen molar-refractivity contribution in [2.75, 3.05) is 91.9 Å². The Morgan fingerprint density at radius 1 is 0.223 bits per heavy atom. The van der Waals surface area contributed by atoms with Crippen molar-refractivity contribution in [1.29, 1.82) is 0 Å². The molecule has 0 aliphatic carbocycles. The predicted molar refractivity (Wildman–Crippen MR) is 400 cm³/mol. The van der Waals surface area contributed by atoms with Gasteiger partial charge < -0.3 is 38.8 Å². The van der Waals surface area contributed by atoms with Gasteiger partial charge in [-0.05, 0) is 187 Å². The van der Waals surface area contributed by atoms with Gasteiger partial charge in [-0.1, -0.05) is 261 Å². The van der Waals surface area contributed by atoms with E-state index < -0.39 is 0 Å². The van der Waals surface area contributed by atoms with Gasteiger partial charge in [-0.15, -0.1) is 0 Å². The third-order valence-corrected chi connectivity index (χ3v) is 19.8. The second-order valence-corrected chi connectivity index (χ2v) is 28.7. The second kappa shape index (κ2) is 72.0. The molecule has 0 radical (unpaired) electrons. The highest BCUT2D eigenvalue weighted by molar-refractivity contribution is 5.73. The van der Waals surface area contributed by atoms with E-state index in [2.05, 4.69) is 70.1 Å². The Morgan fingerprint density at radius 3 is 0.617 bits per heavy atom. The van der Waals surface area contributed by atoms with Gasteiger partial charge in [-0.25, -0.2) is 0 Å². The average Bonchev–Trinajstić information content (AvgIpc) is 3.72. The SMILES string of the molecule is CCCCCCC(CCCC)C(=O)OCCCCCCN(CCCCCCOC(=O)C(CCCC)CCCCCC)CCCN(CCCCO)CCCN(CCCCCCOC(=O)C(CCCC)CCCCCC)CCCCCCOC(=O)C(CCCC)CCCCCC. The van der Waals surface area contributed by atoms with Gasteiger partial charge in [0.2, 0.25) is 0 Å². The predicted octanol–water partition coefficient (Wildman–Crippen LogP) is 22.0. The summed E-state index contributed by atoms with van der Waals surface area (Å²) in [6.07, 6.45) is 56.8. The van der Waals surface area contributed by atoms with Crippen molar-refractivity contribution < 1.29 is 43.2 Å². The molecule has 0 aromatic rings. The Balaban J connectivity index is 5.80. The zero-order chi connectivity index (χ0) is 68.8. The van der Waals surface area contributed by atoms with Crippen LogP contribution in [-0.2, 0) is 38.1 Å². The molecule has 0 saturated heterocycles. The maximum atomic E-state index is 13.1. The van der Waals surface area contributed by atoms with Crippen LogP contribution in [0.15, 0.2) is 0 Å². The van der Waals surface area contributed by atoms with E-state index in [4.69, 9.17) is 18.9 Å². The summed E-state index contributed by atoms with van der Waals surface area (Å²) in [6, 6.07) is 0. The van der Waals surface area contributed by atoms with Gasteiger partial charge in [0.25, 0.3) is 0 Å². The first-order chi connectivity index (χ1) is 46.1. The largest absolute Gasteiger partial charge is 0.465 e. The van der Waals surface area contributed by atoms with E-state index in [0.717, 1.165) is 316 Å². The Hall–Kier alpha value is -2.28. The first kappa shape index (κ1) is 91.7. The van der Waals surface area contributed by atoms with E-state index >= 15 is 0 Å². The van der Waals surface area contributed by atoms with Crippen LogP contribution in [-0.4, -0.2) is 136 Å². The third kappa shape index (κ3) is 57.6. The fraction of sp³-hybridized carbons (Fsp3) is 0.951. The summed E-state index contributed by atoms with van der Waals surface area (Å²) in [4.78, 5) is 60.6. The summed E-state index contributed by atoms with van der Waals surface area (Å²) in [5, 5.41) is 9.83. The molecule has 0 aliphatic heterocycles. The number of carbonyl (C=O) groups excluding carboxylic acids is 4. The first-order valence-electron chi connectivity index (χ1n) is 41.5. The number of ether oxygens (including phenoxy) is 4. The Labute approximate surface area is 583 Å². The third-order valence-electron chi connectivity index (χ3n) is 19.8. The van der Waals surface area contributed by atoms with Crippen LogP contribution in [0.25, 0.3) is 0 Å². The van der Waals surface area contributed by atoms with Crippen LogP contribution in [0.5, 0.6) is 0 Å². The molecule has 0 saturated carbocycles. The number of hydrogen-bond donors (Lipinski definition) is 1. The number of hydrogen-bond acceptors (Lipinski definition) is 12. The summed E-state index contributed by atoms with van der Waals surface area (Å²) < 4.78 is 23.6. The minimum Gasteiger partial charge on any atom is -0.465 e. The van der Waals surface area contributed by atoms with Crippen molar-refractivity contribution in [3.63, 3.8) is 0 Å². The Morgan fingerprint density at radius 2 is 0.404 bits per heavy atom. The van der Waals surface area contributed by atoms with E-state index in [-0.39, 0.29) is 54.2 Å². The van der Waals surface area contributed by atoms with Gasteiger partial charge in [0, 0.05) is 6.61 Å². The topological polar surface area (TPSA) is 135 Å². The lowest BCUT2D eigenvalue weighted by Crippen LogP contribution is -2.34. The average molecular weight is 1330 g/mol. The fourth-order valence-electron chi connectivity index (χ4n) is 13.4. The number of aliphatic hydroxyl groups is 1. The molecule has 0 amide bonds. The molecule has 94 heavy (non-hydrogen) atoms. The highest BCUT2D eigenvalue weighted by Crippen LogP contribution is 2.24. The molecule has 0 aliphatic rings. The summed E-state index contributed by atoms with van der Waals surface area (Å²) in [6.45, 7) is 29.7. The number of rotatable bonds is 76. The molecule has 12 heteroatoms. The van der Waals surface area contributed by atoms with Gasteiger partial charge in [-0.2, -0.15) is 0 Å². The zero-order valence-electron chi connectivity index (χ0n) is 64.0. The lowest BCUT2D eigenvalue weighted by molar-refractivity contribution is -0.150. The number of esters is 4. The van der Waals surface area contributed by atoms with Crippen LogP contribution < -0.4 is 0 Å². The van der Waals surface area contributed by atoms with E-state index in [0.29, 0.717) is 26.4 Å². The number of unbranched alkanes of at least 4 members (excludes halogenated alkanes) is 29. The van der Waals surface area contributed by atoms with Gasteiger partial charge in [0.05, 0.1) is 50.1 Å². The standard InChI is InChI=1S/C82H161N3O9/c1-9-17-25-37-57-75(53-21-13-5)79(87)91-71-47-33-29-41-61-83(62-42-30-34-48-72-92-80(88)76(54-22-14-6)58-38-26-18-10-2)66-51-68-85(65-45-46-70-86)69-52-67-84(63-43-31-35-49-73-93-81(89)77(55-23-15-7)59-39-27-19-11-3)64-44-32-36-50-74-94-82(90)78(56-24-16-8)60-40-28-20-12-4/h75-78,86H,9-74H2,1-8H3. The smallest absolute Gasteiger partial charge is 0.308 e. The lowest BCUT2D eigenvalue weighted by Gasteiger charge is -2.28. The van der Waals surface area contributed by atoms with Crippen LogP contribution in [0.3, 0.4) is 0 Å². The molecular formula is C82H161N3O9. The first-order valence-corrected chi connectivity index (χ1v) is 41.5. The van der Waals surface area contributed by atoms with Gasteiger partial charge in [-0.3, -0.25) is 19.2 Å². The van der Waals surface area contributed by atoms with Crippen LogP contribution in [0.1, 0.15) is 389 Å². The molecule has 558 valence electrons. The van der Waals surface area contributed by atoms with E-state index in [1.807, 2.05) is 0 Å². The van der Waals surface area contributed by atoms with Gasteiger partial charge in [0.15, 0.2) is 0 Å². The molecule has 12 nitrogen and oxygen atoms in total. The molecule has 1 N–H and O–H groups in total. The van der Waals surface area contributed by atoms with Crippen LogP contribution >= 0.6 is 0 Å². The summed E-state index contributed by atoms with van der Waals surface area (Å²) in [7, 11) is 0. The van der Waals surface area contributed by atoms with Crippen molar-refractivity contribution in [2.24, 2.45) is 23.7 Å². The van der Waals surface area contributed by atoms with E-state index in [1.165, 1.54) is 77.0 Å². The maximum Gasteiger partial charge on any atom is 0.308 e. The minimum absolute atomic E-state index is 0.0297. The summed E-state index contributed by atoms with van der Waals surface area (Å²) in [5.74, 6) is 0.340. The van der Waals surface area contributed by atoms with Crippen molar-refractivity contribution in [2.45, 2.75) is 389 Å². The van der Waals surface area contributed by atoms with Crippen LogP contribution in [0.2, 0.25) is 0 Å². The van der Waals surface area contributed by atoms with Crippen molar-refractivity contribution in [3.8, 4) is 0 Å². The fourth-order valence-corrected chi connectivity index (χ4v) is 13.4. The molecule has 0 aromatic heterocycles. The number of nitrogens with zero attached hydrogens (tertiary/aromatic N) is 3. The monoisotopic (exact) mass is 1330 g/mol. The molecular weight excluding hydrogens is 1170 g/mol. The van der Waals surface area contributed by atoms with Gasteiger partial charge in [0.1, 0.15) is 0 Å². The van der Waals surface area contributed by atoms with E-state index in [1.54, 1.807) is 0 Å². The van der Waals surface area contributed by atoms with Crippen LogP contribution in [0.4, 0.5) is 0 Å².